The fourth-order valence-corrected chi connectivity index (χ4v) is 3.11. The zero-order valence-corrected chi connectivity index (χ0v) is 10.7. The third kappa shape index (κ3) is 2.80. The van der Waals surface area contributed by atoms with Gasteiger partial charge >= 0.3 is 0 Å². The van der Waals surface area contributed by atoms with Crippen molar-refractivity contribution >= 4 is 5.91 Å². The van der Waals surface area contributed by atoms with Crippen LogP contribution in [-0.4, -0.2) is 32.2 Å². The van der Waals surface area contributed by atoms with Crippen LogP contribution in [-0.2, 0) is 9.53 Å². The van der Waals surface area contributed by atoms with Crippen molar-refractivity contribution in [1.29, 1.82) is 0 Å². The van der Waals surface area contributed by atoms with Crippen LogP contribution in [0.15, 0.2) is 0 Å². The fourth-order valence-electron chi connectivity index (χ4n) is 3.11. The van der Waals surface area contributed by atoms with E-state index in [0.29, 0.717) is 18.4 Å². The highest BCUT2D eigenvalue weighted by molar-refractivity contribution is 5.83. The molecular weight excluding hydrogens is 216 g/mol. The molecule has 2 fully saturated rings. The van der Waals surface area contributed by atoms with Crippen LogP contribution < -0.4 is 11.1 Å². The maximum Gasteiger partial charge on any atom is 0.227 e. The van der Waals surface area contributed by atoms with E-state index in [2.05, 4.69) is 12.2 Å². The molecule has 1 atom stereocenters. The molecule has 0 aromatic rings. The van der Waals surface area contributed by atoms with Crippen molar-refractivity contribution in [2.24, 2.45) is 23.0 Å². The average molecular weight is 240 g/mol. The summed E-state index contributed by atoms with van der Waals surface area (Å²) in [7, 11) is 0. The lowest BCUT2D eigenvalue weighted by atomic mass is 9.62. The van der Waals surface area contributed by atoms with E-state index in [1.165, 1.54) is 0 Å². The Hall–Kier alpha value is -0.610. The standard InChI is InChI=1S/C13H24N2O2/c1-10-5-13(6-10,9-14)12(16)15-7-11-3-2-4-17-8-11/h10-11H,2-9,14H2,1H3,(H,15,16). The molecule has 0 spiro atoms. The van der Waals surface area contributed by atoms with Crippen molar-refractivity contribution in [3.8, 4) is 0 Å². The smallest absolute Gasteiger partial charge is 0.227 e. The Balaban J connectivity index is 1.76. The summed E-state index contributed by atoms with van der Waals surface area (Å²) in [6.07, 6.45) is 4.15. The molecule has 4 nitrogen and oxygen atoms in total. The van der Waals surface area contributed by atoms with Crippen LogP contribution in [0.3, 0.4) is 0 Å². The highest BCUT2D eigenvalue weighted by atomic mass is 16.5. The lowest BCUT2D eigenvalue weighted by Gasteiger charge is -2.44. The molecule has 1 aliphatic heterocycles. The summed E-state index contributed by atoms with van der Waals surface area (Å²) in [6, 6.07) is 0. The van der Waals surface area contributed by atoms with Gasteiger partial charge in [0.2, 0.25) is 5.91 Å². The van der Waals surface area contributed by atoms with Gasteiger partial charge in [-0.15, -0.1) is 0 Å². The van der Waals surface area contributed by atoms with E-state index in [9.17, 15) is 4.79 Å². The van der Waals surface area contributed by atoms with Gasteiger partial charge in [0.25, 0.3) is 0 Å². The Bertz CT molecular complexity index is 269. The van der Waals surface area contributed by atoms with Gasteiger partial charge in [-0.2, -0.15) is 0 Å². The van der Waals surface area contributed by atoms with Gasteiger partial charge in [0, 0.05) is 19.7 Å². The Labute approximate surface area is 103 Å². The topological polar surface area (TPSA) is 64.4 Å². The molecule has 1 aliphatic carbocycles. The SMILES string of the molecule is CC1CC(CN)(C(=O)NCC2CCCOC2)C1. The van der Waals surface area contributed by atoms with Crippen molar-refractivity contribution in [2.75, 3.05) is 26.3 Å². The number of ether oxygens (including phenoxy) is 1. The quantitative estimate of drug-likeness (QED) is 0.767. The second kappa shape index (κ2) is 5.36. The van der Waals surface area contributed by atoms with Crippen molar-refractivity contribution < 1.29 is 9.53 Å². The highest BCUT2D eigenvalue weighted by Gasteiger charge is 2.47. The molecule has 17 heavy (non-hydrogen) atoms. The van der Waals surface area contributed by atoms with Crippen molar-refractivity contribution in [1.82, 2.24) is 5.32 Å². The lowest BCUT2D eigenvalue weighted by Crippen LogP contribution is -2.54. The number of carbonyl (C=O) groups excluding carboxylic acids is 1. The minimum absolute atomic E-state index is 0.156. The van der Waals surface area contributed by atoms with Crippen LogP contribution >= 0.6 is 0 Å². The molecule has 1 saturated carbocycles. The summed E-state index contributed by atoms with van der Waals surface area (Å²) in [5.74, 6) is 1.28. The molecule has 0 bridgehead atoms. The Kier molecular flexibility index (Phi) is 4.05. The first kappa shape index (κ1) is 12.8. The van der Waals surface area contributed by atoms with Crippen LogP contribution in [0.25, 0.3) is 0 Å². The van der Waals surface area contributed by atoms with Gasteiger partial charge in [-0.3, -0.25) is 4.79 Å². The Morgan fingerprint density at radius 2 is 2.29 bits per heavy atom. The predicted octanol–water partition coefficient (Wildman–Crippen LogP) is 0.904. The molecule has 2 rings (SSSR count). The molecule has 2 aliphatic rings. The first-order valence-electron chi connectivity index (χ1n) is 6.72. The van der Waals surface area contributed by atoms with Gasteiger partial charge in [0.1, 0.15) is 0 Å². The zero-order valence-electron chi connectivity index (χ0n) is 10.7. The van der Waals surface area contributed by atoms with Gasteiger partial charge < -0.3 is 15.8 Å². The fraction of sp³-hybridized carbons (Fsp3) is 0.923. The van der Waals surface area contributed by atoms with E-state index < -0.39 is 0 Å². The summed E-state index contributed by atoms with van der Waals surface area (Å²) in [5.41, 5.74) is 5.49. The van der Waals surface area contributed by atoms with E-state index in [1.54, 1.807) is 0 Å². The van der Waals surface area contributed by atoms with Crippen LogP contribution in [0.2, 0.25) is 0 Å². The largest absolute Gasteiger partial charge is 0.381 e. The minimum Gasteiger partial charge on any atom is -0.381 e. The lowest BCUT2D eigenvalue weighted by molar-refractivity contribution is -0.138. The predicted molar refractivity (Wildman–Crippen MR) is 66.4 cm³/mol. The van der Waals surface area contributed by atoms with Crippen LogP contribution in [0.5, 0.6) is 0 Å². The molecule has 0 aromatic heterocycles. The molecule has 0 aromatic carbocycles. The normalized spacial score (nSPS) is 37.3. The number of rotatable bonds is 4. The van der Waals surface area contributed by atoms with Crippen molar-refractivity contribution in [3.05, 3.63) is 0 Å². The number of hydrogen-bond donors (Lipinski definition) is 2. The van der Waals surface area contributed by atoms with Crippen molar-refractivity contribution in [2.45, 2.75) is 32.6 Å². The van der Waals surface area contributed by atoms with E-state index in [0.717, 1.165) is 45.4 Å². The number of hydrogen-bond acceptors (Lipinski definition) is 3. The summed E-state index contributed by atoms with van der Waals surface area (Å²) in [4.78, 5) is 12.1. The summed E-state index contributed by atoms with van der Waals surface area (Å²) in [5, 5.41) is 3.07. The molecule has 1 saturated heterocycles. The highest BCUT2D eigenvalue weighted by Crippen LogP contribution is 2.44. The summed E-state index contributed by atoms with van der Waals surface area (Å²) >= 11 is 0. The average Bonchev–Trinajstić information content (AvgIpc) is 2.33. The van der Waals surface area contributed by atoms with E-state index in [4.69, 9.17) is 10.5 Å². The van der Waals surface area contributed by atoms with Gasteiger partial charge in [0.15, 0.2) is 0 Å². The molecular formula is C13H24N2O2. The number of amides is 1. The Morgan fingerprint density at radius 1 is 1.53 bits per heavy atom. The van der Waals surface area contributed by atoms with E-state index in [-0.39, 0.29) is 11.3 Å². The summed E-state index contributed by atoms with van der Waals surface area (Å²) < 4.78 is 5.41. The maximum absolute atomic E-state index is 12.1. The van der Waals surface area contributed by atoms with Gasteiger partial charge in [0.05, 0.1) is 12.0 Å². The molecule has 1 heterocycles. The van der Waals surface area contributed by atoms with Gasteiger partial charge in [-0.1, -0.05) is 6.92 Å². The number of carbonyl (C=O) groups is 1. The van der Waals surface area contributed by atoms with Gasteiger partial charge in [-0.05, 0) is 37.5 Å². The first-order chi connectivity index (χ1) is 8.16. The van der Waals surface area contributed by atoms with Gasteiger partial charge in [-0.25, -0.2) is 0 Å². The van der Waals surface area contributed by atoms with Crippen LogP contribution in [0, 0.1) is 17.3 Å². The minimum atomic E-state index is -0.269. The zero-order chi connectivity index (χ0) is 12.3. The second-order valence-corrected chi connectivity index (χ2v) is 5.79. The monoisotopic (exact) mass is 240 g/mol. The molecule has 98 valence electrons. The van der Waals surface area contributed by atoms with E-state index in [1.807, 2.05) is 0 Å². The second-order valence-electron chi connectivity index (χ2n) is 5.79. The summed E-state index contributed by atoms with van der Waals surface area (Å²) in [6.45, 7) is 5.05. The molecule has 1 amide bonds. The van der Waals surface area contributed by atoms with Crippen LogP contribution in [0.1, 0.15) is 32.6 Å². The first-order valence-corrected chi connectivity index (χ1v) is 6.72. The van der Waals surface area contributed by atoms with E-state index >= 15 is 0 Å². The molecule has 4 heteroatoms. The Morgan fingerprint density at radius 3 is 2.82 bits per heavy atom. The molecule has 0 radical (unpaired) electrons. The third-order valence-electron chi connectivity index (χ3n) is 4.16. The number of nitrogens with two attached hydrogens (primary N) is 1. The molecule has 3 N–H and O–H groups in total. The van der Waals surface area contributed by atoms with Crippen molar-refractivity contribution in [3.63, 3.8) is 0 Å². The third-order valence-corrected chi connectivity index (χ3v) is 4.16. The number of nitrogens with one attached hydrogen (secondary N) is 1. The molecule has 1 unspecified atom stereocenters. The van der Waals surface area contributed by atoms with Crippen LogP contribution in [0.4, 0.5) is 0 Å². The maximum atomic E-state index is 12.1.